The number of hydrogen-bond acceptors (Lipinski definition) is 4. The van der Waals surface area contributed by atoms with Crippen LogP contribution in [-0.2, 0) is 0 Å². The van der Waals surface area contributed by atoms with Crippen LogP contribution in [0.15, 0.2) is 30.3 Å². The van der Waals surface area contributed by atoms with Gasteiger partial charge in [-0.3, -0.25) is 0 Å². The van der Waals surface area contributed by atoms with Crippen LogP contribution in [0.5, 0.6) is 0 Å². The Morgan fingerprint density at radius 1 is 1.19 bits per heavy atom. The third-order valence-corrected chi connectivity index (χ3v) is 4.02. The molecule has 0 spiro atoms. The molecule has 1 atom stereocenters. The quantitative estimate of drug-likeness (QED) is 0.752. The molecule has 0 aliphatic rings. The van der Waals surface area contributed by atoms with Crippen LogP contribution in [0.4, 0.5) is 14.5 Å². The molecule has 3 aromatic rings. The van der Waals surface area contributed by atoms with E-state index < -0.39 is 17.7 Å². The maximum Gasteiger partial charge on any atom is 0.131 e. The van der Waals surface area contributed by atoms with Crippen molar-refractivity contribution in [3.05, 3.63) is 52.6 Å². The Morgan fingerprint density at radius 2 is 2.00 bits per heavy atom. The van der Waals surface area contributed by atoms with Gasteiger partial charge in [0.15, 0.2) is 0 Å². The number of nitrogens with one attached hydrogen (secondary N) is 1. The summed E-state index contributed by atoms with van der Waals surface area (Å²) in [6.45, 7) is 1.77. The molecule has 0 saturated carbocycles. The average Bonchev–Trinajstić information content (AvgIpc) is 2.90. The maximum absolute atomic E-state index is 13.8. The van der Waals surface area contributed by atoms with E-state index in [4.69, 9.17) is 11.6 Å². The number of hydrogen-bond donors (Lipinski definition) is 1. The van der Waals surface area contributed by atoms with Gasteiger partial charge in [0.05, 0.1) is 28.5 Å². The molecule has 1 aromatic heterocycles. The Hall–Kier alpha value is -1.79. The van der Waals surface area contributed by atoms with Gasteiger partial charge in [-0.15, -0.1) is 0 Å². The molecule has 21 heavy (non-hydrogen) atoms. The molecule has 1 N–H and O–H groups in total. The molecule has 0 bridgehead atoms. The second-order valence-corrected chi connectivity index (χ2v) is 5.52. The van der Waals surface area contributed by atoms with Gasteiger partial charge < -0.3 is 5.32 Å². The largest absolute Gasteiger partial charge is 0.375 e. The van der Waals surface area contributed by atoms with Crippen molar-refractivity contribution < 1.29 is 8.78 Å². The number of nitrogens with zero attached hydrogens (tertiary/aromatic N) is 2. The normalized spacial score (nSPS) is 12.6. The monoisotopic (exact) mass is 325 g/mol. The summed E-state index contributed by atoms with van der Waals surface area (Å²) >= 11 is 7.26. The van der Waals surface area contributed by atoms with Gasteiger partial charge in [0.2, 0.25) is 0 Å². The molecule has 0 saturated heterocycles. The third kappa shape index (κ3) is 2.69. The molecule has 3 rings (SSSR count). The van der Waals surface area contributed by atoms with Crippen molar-refractivity contribution in [1.82, 2.24) is 8.75 Å². The Bertz CT molecular complexity index is 806. The van der Waals surface area contributed by atoms with Crippen molar-refractivity contribution in [3.63, 3.8) is 0 Å². The van der Waals surface area contributed by atoms with Gasteiger partial charge in [0.25, 0.3) is 0 Å². The molecule has 0 aliphatic carbocycles. The SMILES string of the molecule is CC(Nc1c(Cl)ccc2nsnc12)c1ccc(F)cc1F. The minimum atomic E-state index is -0.604. The van der Waals surface area contributed by atoms with Crippen LogP contribution >= 0.6 is 23.3 Å². The highest BCUT2D eigenvalue weighted by Gasteiger charge is 2.16. The minimum absolute atomic E-state index is 0.354. The van der Waals surface area contributed by atoms with E-state index in [-0.39, 0.29) is 0 Å². The summed E-state index contributed by atoms with van der Waals surface area (Å²) in [7, 11) is 0. The molecular weight excluding hydrogens is 316 g/mol. The third-order valence-electron chi connectivity index (χ3n) is 3.17. The predicted molar refractivity (Wildman–Crippen MR) is 80.8 cm³/mol. The zero-order valence-corrected chi connectivity index (χ0v) is 12.5. The first-order chi connectivity index (χ1) is 10.1. The fourth-order valence-corrected chi connectivity index (χ4v) is 2.86. The molecule has 7 heteroatoms. The van der Waals surface area contributed by atoms with Crippen molar-refractivity contribution >= 4 is 40.0 Å². The van der Waals surface area contributed by atoms with E-state index in [2.05, 4.69) is 14.1 Å². The number of benzene rings is 2. The van der Waals surface area contributed by atoms with Crippen LogP contribution < -0.4 is 5.32 Å². The Labute approximate surface area is 128 Å². The summed E-state index contributed by atoms with van der Waals surface area (Å²) in [4.78, 5) is 0. The van der Waals surface area contributed by atoms with E-state index in [0.29, 0.717) is 21.8 Å². The topological polar surface area (TPSA) is 37.8 Å². The lowest BCUT2D eigenvalue weighted by atomic mass is 10.1. The Kier molecular flexibility index (Phi) is 3.73. The van der Waals surface area contributed by atoms with E-state index in [1.54, 1.807) is 19.1 Å². The number of fused-ring (bicyclic) bond motifs is 1. The van der Waals surface area contributed by atoms with Gasteiger partial charge in [-0.1, -0.05) is 17.7 Å². The standard InChI is InChI=1S/C14H10ClF2N3S/c1-7(9-3-2-8(16)6-11(9)17)18-13-10(15)4-5-12-14(13)20-21-19-12/h2-7,18H,1H3. The zero-order valence-electron chi connectivity index (χ0n) is 10.9. The smallest absolute Gasteiger partial charge is 0.131 e. The first kappa shape index (κ1) is 14.2. The van der Waals surface area contributed by atoms with Crippen LogP contribution in [0, 0.1) is 11.6 Å². The van der Waals surface area contributed by atoms with E-state index in [0.717, 1.165) is 23.3 Å². The van der Waals surface area contributed by atoms with Gasteiger partial charge in [-0.05, 0) is 25.1 Å². The van der Waals surface area contributed by atoms with Crippen molar-refractivity contribution in [3.8, 4) is 0 Å². The van der Waals surface area contributed by atoms with Crippen molar-refractivity contribution in [1.29, 1.82) is 0 Å². The second-order valence-electron chi connectivity index (χ2n) is 4.59. The second kappa shape index (κ2) is 5.54. The zero-order chi connectivity index (χ0) is 15.0. The Balaban J connectivity index is 1.98. The number of aromatic nitrogens is 2. The van der Waals surface area contributed by atoms with Crippen LogP contribution in [0.3, 0.4) is 0 Å². The molecule has 0 amide bonds. The first-order valence-corrected chi connectivity index (χ1v) is 7.29. The molecule has 0 radical (unpaired) electrons. The van der Waals surface area contributed by atoms with Crippen LogP contribution in [0.25, 0.3) is 11.0 Å². The summed E-state index contributed by atoms with van der Waals surface area (Å²) < 4.78 is 35.1. The van der Waals surface area contributed by atoms with Crippen LogP contribution in [0.2, 0.25) is 5.02 Å². The molecule has 108 valence electrons. The van der Waals surface area contributed by atoms with E-state index >= 15 is 0 Å². The van der Waals surface area contributed by atoms with Crippen molar-refractivity contribution in [2.75, 3.05) is 5.32 Å². The van der Waals surface area contributed by atoms with Gasteiger partial charge in [0, 0.05) is 11.6 Å². The predicted octanol–water partition coefficient (Wildman–Crippen LogP) is 4.80. The highest BCUT2D eigenvalue weighted by Crippen LogP contribution is 2.33. The van der Waals surface area contributed by atoms with Crippen molar-refractivity contribution in [2.45, 2.75) is 13.0 Å². The molecule has 0 fully saturated rings. The molecule has 1 heterocycles. The first-order valence-electron chi connectivity index (χ1n) is 6.18. The highest BCUT2D eigenvalue weighted by molar-refractivity contribution is 7.00. The fourth-order valence-electron chi connectivity index (χ4n) is 2.11. The summed E-state index contributed by atoms with van der Waals surface area (Å²) in [5, 5.41) is 3.60. The van der Waals surface area contributed by atoms with Crippen molar-refractivity contribution in [2.24, 2.45) is 0 Å². The molecule has 0 aliphatic heterocycles. The van der Waals surface area contributed by atoms with Gasteiger partial charge in [-0.2, -0.15) is 8.75 Å². The molecular formula is C14H10ClF2N3S. The summed E-state index contributed by atoms with van der Waals surface area (Å²) in [6, 6.07) is 6.59. The summed E-state index contributed by atoms with van der Waals surface area (Å²) in [6.07, 6.45) is 0. The number of rotatable bonds is 3. The molecule has 2 aromatic carbocycles. The Morgan fingerprint density at radius 3 is 2.76 bits per heavy atom. The minimum Gasteiger partial charge on any atom is -0.375 e. The lowest BCUT2D eigenvalue weighted by Crippen LogP contribution is -2.09. The highest BCUT2D eigenvalue weighted by atomic mass is 35.5. The summed E-state index contributed by atoms with van der Waals surface area (Å²) in [5.41, 5.74) is 2.31. The lowest BCUT2D eigenvalue weighted by molar-refractivity contribution is 0.566. The van der Waals surface area contributed by atoms with E-state index in [1.165, 1.54) is 12.1 Å². The average molecular weight is 326 g/mol. The number of anilines is 1. The fraction of sp³-hybridized carbons (Fsp3) is 0.143. The van der Waals surface area contributed by atoms with E-state index in [9.17, 15) is 8.78 Å². The van der Waals surface area contributed by atoms with Gasteiger partial charge >= 0.3 is 0 Å². The molecule has 1 unspecified atom stereocenters. The van der Waals surface area contributed by atoms with Gasteiger partial charge in [-0.25, -0.2) is 8.78 Å². The lowest BCUT2D eigenvalue weighted by Gasteiger charge is -2.17. The van der Waals surface area contributed by atoms with Crippen LogP contribution in [0.1, 0.15) is 18.5 Å². The van der Waals surface area contributed by atoms with Gasteiger partial charge in [0.1, 0.15) is 22.7 Å². The van der Waals surface area contributed by atoms with Crippen LogP contribution in [-0.4, -0.2) is 8.75 Å². The summed E-state index contributed by atoms with van der Waals surface area (Å²) in [5.74, 6) is -1.21. The number of halogens is 3. The maximum atomic E-state index is 13.8. The van der Waals surface area contributed by atoms with E-state index in [1.807, 2.05) is 0 Å². The molecule has 3 nitrogen and oxygen atoms in total.